The Morgan fingerprint density at radius 3 is 2.30 bits per heavy atom. The van der Waals surface area contributed by atoms with Crippen LogP contribution in [-0.4, -0.2) is 19.3 Å². The second-order valence-electron chi connectivity index (χ2n) is 10.9. The number of ether oxygens (including phenoxy) is 1. The molecule has 3 heterocycles. The van der Waals surface area contributed by atoms with E-state index in [1.165, 1.54) is 27.8 Å². The Kier molecular flexibility index (Phi) is 7.54. The van der Waals surface area contributed by atoms with E-state index in [9.17, 15) is 0 Å². The number of aryl methyl sites for hydroxylation is 3. The number of benzene rings is 4. The minimum Gasteiger partial charge on any atom is -0.509 e. The molecule has 0 aliphatic carbocycles. The standard InChI is InChI=1S/C37H30N4O.Pt/c1-23-15-16-38-36(17-23)41-34-12-7-6-11-32(34)33-14-13-31(20-35(33)41)42-30-10-8-9-29(19-30)40-22-28(21-39-40)37-26(4)24(2)18-25(3)27(37)5;/h6-18,21-22H,1-5H3;/q-2;+2. The van der Waals surface area contributed by atoms with Crippen LogP contribution in [0.2, 0.25) is 0 Å². The molecule has 0 unspecified atom stereocenters. The van der Waals surface area contributed by atoms with Crippen LogP contribution in [0.15, 0.2) is 91.4 Å². The van der Waals surface area contributed by atoms with Gasteiger partial charge in [-0.15, -0.1) is 35.7 Å². The minimum absolute atomic E-state index is 0. The van der Waals surface area contributed by atoms with Gasteiger partial charge in [-0.25, -0.2) is 4.98 Å². The Labute approximate surface area is 266 Å². The van der Waals surface area contributed by atoms with Crippen LogP contribution in [0.25, 0.3) is 44.4 Å². The third-order valence-electron chi connectivity index (χ3n) is 8.14. The molecule has 214 valence electrons. The summed E-state index contributed by atoms with van der Waals surface area (Å²) in [7, 11) is 0. The van der Waals surface area contributed by atoms with E-state index in [1.54, 1.807) is 0 Å². The number of aromatic nitrogens is 4. The summed E-state index contributed by atoms with van der Waals surface area (Å²) in [6.45, 7) is 10.8. The zero-order valence-corrected chi connectivity index (χ0v) is 26.9. The van der Waals surface area contributed by atoms with Gasteiger partial charge in [0.05, 0.1) is 6.20 Å². The minimum atomic E-state index is 0. The van der Waals surface area contributed by atoms with E-state index in [0.717, 1.165) is 44.4 Å². The molecular weight excluding hydrogens is 712 g/mol. The summed E-state index contributed by atoms with van der Waals surface area (Å²) < 4.78 is 10.3. The predicted octanol–water partition coefficient (Wildman–Crippen LogP) is 8.96. The molecule has 0 fully saturated rings. The van der Waals surface area contributed by atoms with Crippen molar-refractivity contribution in [2.24, 2.45) is 0 Å². The van der Waals surface area contributed by atoms with Crippen molar-refractivity contribution in [3.63, 3.8) is 0 Å². The molecule has 0 atom stereocenters. The quantitative estimate of drug-likeness (QED) is 0.166. The average Bonchev–Trinajstić information content (AvgIpc) is 3.60. The van der Waals surface area contributed by atoms with E-state index in [1.807, 2.05) is 47.4 Å². The van der Waals surface area contributed by atoms with Crippen molar-refractivity contribution in [3.05, 3.63) is 131 Å². The van der Waals surface area contributed by atoms with Crippen LogP contribution in [-0.2, 0) is 21.1 Å². The van der Waals surface area contributed by atoms with Gasteiger partial charge in [-0.3, -0.25) is 4.68 Å². The van der Waals surface area contributed by atoms with E-state index < -0.39 is 0 Å². The second-order valence-corrected chi connectivity index (χ2v) is 10.9. The summed E-state index contributed by atoms with van der Waals surface area (Å²) >= 11 is 0. The number of para-hydroxylation sites is 1. The Balaban J connectivity index is 0.00000329. The van der Waals surface area contributed by atoms with E-state index in [4.69, 9.17) is 4.74 Å². The van der Waals surface area contributed by atoms with Gasteiger partial charge in [0.1, 0.15) is 5.82 Å². The number of fused-ring (bicyclic) bond motifs is 3. The first-order chi connectivity index (χ1) is 20.4. The van der Waals surface area contributed by atoms with Crippen molar-refractivity contribution in [2.45, 2.75) is 34.6 Å². The molecule has 0 radical (unpaired) electrons. The SMILES string of the molecule is Cc1ccnc(-n2c3[c-]c(Oc4[c-]c(-n5cc(-c6c(C)c(C)cc(C)c6C)cn5)ccc4)ccc3c3ccccc32)c1.[Pt+2]. The van der Waals surface area contributed by atoms with Crippen LogP contribution in [0.3, 0.4) is 0 Å². The van der Waals surface area contributed by atoms with Crippen molar-refractivity contribution in [1.82, 2.24) is 19.3 Å². The Morgan fingerprint density at radius 2 is 1.51 bits per heavy atom. The maximum Gasteiger partial charge on any atom is 2.00 e. The van der Waals surface area contributed by atoms with E-state index >= 15 is 0 Å². The molecule has 0 saturated heterocycles. The fraction of sp³-hybridized carbons (Fsp3) is 0.135. The monoisotopic (exact) mass is 741 g/mol. The van der Waals surface area contributed by atoms with Crippen LogP contribution in [0.4, 0.5) is 0 Å². The number of nitrogens with zero attached hydrogens (tertiary/aromatic N) is 4. The van der Waals surface area contributed by atoms with Crippen molar-refractivity contribution in [2.75, 3.05) is 0 Å². The normalized spacial score (nSPS) is 11.2. The first-order valence-electron chi connectivity index (χ1n) is 14.1. The molecule has 43 heavy (non-hydrogen) atoms. The van der Waals surface area contributed by atoms with E-state index in [2.05, 4.69) is 110 Å². The van der Waals surface area contributed by atoms with Crippen molar-refractivity contribution in [1.29, 1.82) is 0 Å². The van der Waals surface area contributed by atoms with Crippen molar-refractivity contribution < 1.29 is 25.8 Å². The molecule has 4 aromatic carbocycles. The Morgan fingerprint density at radius 1 is 0.744 bits per heavy atom. The van der Waals surface area contributed by atoms with Crippen molar-refractivity contribution in [3.8, 4) is 34.1 Å². The van der Waals surface area contributed by atoms with Gasteiger partial charge in [0.15, 0.2) is 0 Å². The maximum absolute atomic E-state index is 6.33. The van der Waals surface area contributed by atoms with Gasteiger partial charge in [0.2, 0.25) is 0 Å². The first kappa shape index (κ1) is 28.6. The van der Waals surface area contributed by atoms with Gasteiger partial charge < -0.3 is 9.30 Å². The first-order valence-corrected chi connectivity index (χ1v) is 14.1. The molecule has 0 spiro atoms. The van der Waals surface area contributed by atoms with Crippen LogP contribution in [0.5, 0.6) is 11.5 Å². The fourth-order valence-electron chi connectivity index (χ4n) is 5.80. The van der Waals surface area contributed by atoms with Crippen molar-refractivity contribution >= 4 is 21.8 Å². The number of rotatable bonds is 5. The van der Waals surface area contributed by atoms with Gasteiger partial charge in [0, 0.05) is 35.0 Å². The summed E-state index contributed by atoms with van der Waals surface area (Å²) in [5.74, 6) is 2.05. The molecule has 6 heteroatoms. The largest absolute Gasteiger partial charge is 2.00 e. The Bertz CT molecular complexity index is 2110. The third kappa shape index (κ3) is 5.08. The zero-order chi connectivity index (χ0) is 29.0. The van der Waals surface area contributed by atoms with Gasteiger partial charge in [-0.1, -0.05) is 29.8 Å². The van der Waals surface area contributed by atoms with Crippen LogP contribution in [0, 0.1) is 46.8 Å². The number of hydrogen-bond donors (Lipinski definition) is 0. The fourth-order valence-corrected chi connectivity index (χ4v) is 5.80. The molecule has 0 saturated carbocycles. The third-order valence-corrected chi connectivity index (χ3v) is 8.14. The topological polar surface area (TPSA) is 44.9 Å². The molecule has 7 aromatic rings. The molecule has 0 N–H and O–H groups in total. The Hall–Kier alpha value is -4.47. The molecule has 0 bridgehead atoms. The molecule has 3 aromatic heterocycles. The predicted molar refractivity (Wildman–Crippen MR) is 169 cm³/mol. The smallest absolute Gasteiger partial charge is 0.509 e. The molecule has 0 aliphatic rings. The summed E-state index contributed by atoms with van der Waals surface area (Å²) in [5, 5.41) is 6.93. The molecule has 0 amide bonds. The summed E-state index contributed by atoms with van der Waals surface area (Å²) in [5.41, 5.74) is 11.4. The van der Waals surface area contributed by atoms with Gasteiger partial charge in [0.25, 0.3) is 0 Å². The summed E-state index contributed by atoms with van der Waals surface area (Å²) in [6, 6.07) is 31.5. The van der Waals surface area contributed by atoms with Gasteiger partial charge in [-0.2, -0.15) is 17.2 Å². The zero-order valence-electron chi connectivity index (χ0n) is 24.7. The van der Waals surface area contributed by atoms with Crippen LogP contribution >= 0.6 is 0 Å². The maximum atomic E-state index is 6.33. The second kappa shape index (κ2) is 11.3. The molecule has 7 rings (SSSR count). The number of hydrogen-bond acceptors (Lipinski definition) is 3. The average molecular weight is 742 g/mol. The van der Waals surface area contributed by atoms with Crippen LogP contribution in [0.1, 0.15) is 27.8 Å². The molecular formula is C37H30N4OPt. The summed E-state index contributed by atoms with van der Waals surface area (Å²) in [6.07, 6.45) is 5.83. The van der Waals surface area contributed by atoms with Crippen LogP contribution < -0.4 is 4.74 Å². The van der Waals surface area contributed by atoms with Gasteiger partial charge in [-0.05, 0) is 97.3 Å². The number of pyridine rings is 1. The van der Waals surface area contributed by atoms with E-state index in [-0.39, 0.29) is 21.1 Å². The van der Waals surface area contributed by atoms with E-state index in [0.29, 0.717) is 11.5 Å². The van der Waals surface area contributed by atoms with Gasteiger partial charge >= 0.3 is 21.1 Å². The summed E-state index contributed by atoms with van der Waals surface area (Å²) in [4.78, 5) is 4.67. The molecule has 0 aliphatic heterocycles. The molecule has 5 nitrogen and oxygen atoms in total.